The Morgan fingerprint density at radius 3 is 3.06 bits per heavy atom. The van der Waals surface area contributed by atoms with Gasteiger partial charge in [0, 0.05) is 19.1 Å². The summed E-state index contributed by atoms with van der Waals surface area (Å²) in [5.74, 6) is 1.06. The zero-order valence-electron chi connectivity index (χ0n) is 10.8. The molecule has 1 fully saturated rings. The monoisotopic (exact) mass is 262 g/mol. The predicted octanol–water partition coefficient (Wildman–Crippen LogP) is 2.25. The van der Waals surface area contributed by atoms with Crippen molar-refractivity contribution < 1.29 is 0 Å². The predicted molar refractivity (Wildman–Crippen MR) is 76.0 cm³/mol. The summed E-state index contributed by atoms with van der Waals surface area (Å²) in [4.78, 5) is 12.2. The van der Waals surface area contributed by atoms with Gasteiger partial charge in [0.1, 0.15) is 17.0 Å². The molecule has 2 aromatic rings. The average molecular weight is 262 g/mol. The third-order valence-electron chi connectivity index (χ3n) is 3.85. The van der Waals surface area contributed by atoms with E-state index >= 15 is 0 Å². The molecule has 1 saturated heterocycles. The second-order valence-corrected chi connectivity index (χ2v) is 6.54. The topological polar surface area (TPSA) is 55.0 Å². The van der Waals surface area contributed by atoms with E-state index in [2.05, 4.69) is 40.2 Å². The summed E-state index contributed by atoms with van der Waals surface area (Å²) >= 11 is 1.66. The van der Waals surface area contributed by atoms with Crippen molar-refractivity contribution in [3.63, 3.8) is 0 Å². The maximum atomic E-state index is 6.19. The molecule has 0 radical (unpaired) electrons. The molecule has 0 aromatic carbocycles. The van der Waals surface area contributed by atoms with Crippen molar-refractivity contribution in [1.29, 1.82) is 0 Å². The molecular weight excluding hydrogens is 244 g/mol. The maximum Gasteiger partial charge on any atom is 0.140 e. The van der Waals surface area contributed by atoms with E-state index in [0.29, 0.717) is 0 Å². The molecule has 0 amide bonds. The average Bonchev–Trinajstić information content (AvgIpc) is 2.80. The highest BCUT2D eigenvalue weighted by Crippen LogP contribution is 2.33. The Morgan fingerprint density at radius 1 is 1.44 bits per heavy atom. The van der Waals surface area contributed by atoms with Crippen molar-refractivity contribution in [3.8, 4) is 0 Å². The van der Waals surface area contributed by atoms with E-state index in [1.165, 1.54) is 0 Å². The molecule has 3 rings (SSSR count). The van der Waals surface area contributed by atoms with Crippen LogP contribution in [0.3, 0.4) is 0 Å². The number of hydrogen-bond donors (Lipinski definition) is 1. The van der Waals surface area contributed by atoms with Crippen molar-refractivity contribution in [3.05, 3.63) is 17.8 Å². The largest absolute Gasteiger partial charge is 0.355 e. The SMILES string of the molecule is CC1(C)CN(c2ncnc3sccc23)CCC1N. The minimum absolute atomic E-state index is 0.131. The zero-order chi connectivity index (χ0) is 12.8. The molecular formula is C13H18N4S. The second kappa shape index (κ2) is 4.17. The van der Waals surface area contributed by atoms with E-state index in [1.54, 1.807) is 17.7 Å². The highest BCUT2D eigenvalue weighted by atomic mass is 32.1. The van der Waals surface area contributed by atoms with Gasteiger partial charge >= 0.3 is 0 Å². The Hall–Kier alpha value is -1.20. The molecule has 5 heteroatoms. The Balaban J connectivity index is 1.98. The van der Waals surface area contributed by atoms with Crippen LogP contribution in [0.1, 0.15) is 20.3 Å². The first-order valence-corrected chi connectivity index (χ1v) is 7.14. The summed E-state index contributed by atoms with van der Waals surface area (Å²) in [7, 11) is 0. The molecule has 4 nitrogen and oxygen atoms in total. The smallest absolute Gasteiger partial charge is 0.140 e. The molecule has 18 heavy (non-hydrogen) atoms. The molecule has 2 aromatic heterocycles. The molecule has 0 saturated carbocycles. The summed E-state index contributed by atoms with van der Waals surface area (Å²) in [5.41, 5.74) is 6.32. The van der Waals surface area contributed by atoms with Crippen LogP contribution in [0.2, 0.25) is 0 Å². The van der Waals surface area contributed by atoms with Gasteiger partial charge in [0.15, 0.2) is 0 Å². The Kier molecular flexibility index (Phi) is 2.75. The number of aromatic nitrogens is 2. The number of nitrogens with two attached hydrogens (primary N) is 1. The highest BCUT2D eigenvalue weighted by Gasteiger charge is 2.34. The fourth-order valence-corrected chi connectivity index (χ4v) is 3.31. The number of piperidine rings is 1. The first-order valence-electron chi connectivity index (χ1n) is 6.27. The zero-order valence-corrected chi connectivity index (χ0v) is 11.6. The highest BCUT2D eigenvalue weighted by molar-refractivity contribution is 7.16. The van der Waals surface area contributed by atoms with Crippen LogP contribution in [-0.2, 0) is 0 Å². The molecule has 0 aliphatic carbocycles. The summed E-state index contributed by atoms with van der Waals surface area (Å²) in [6, 6.07) is 2.38. The minimum atomic E-state index is 0.131. The lowest BCUT2D eigenvalue weighted by atomic mass is 9.79. The third kappa shape index (κ3) is 1.87. The van der Waals surface area contributed by atoms with Gasteiger partial charge in [-0.2, -0.15) is 0 Å². The van der Waals surface area contributed by atoms with E-state index in [9.17, 15) is 0 Å². The number of hydrogen-bond acceptors (Lipinski definition) is 5. The van der Waals surface area contributed by atoms with Crippen LogP contribution >= 0.6 is 11.3 Å². The molecule has 96 valence electrons. The van der Waals surface area contributed by atoms with Gasteiger partial charge in [0.25, 0.3) is 0 Å². The van der Waals surface area contributed by atoms with E-state index < -0.39 is 0 Å². The van der Waals surface area contributed by atoms with Gasteiger partial charge in [-0.15, -0.1) is 11.3 Å². The second-order valence-electron chi connectivity index (χ2n) is 5.64. The standard InChI is InChI=1S/C13H18N4S/c1-13(2)7-17(5-3-10(13)14)11-9-4-6-18-12(9)16-8-15-11/h4,6,8,10H,3,5,7,14H2,1-2H3. The number of thiophene rings is 1. The fraction of sp³-hybridized carbons (Fsp3) is 0.538. The minimum Gasteiger partial charge on any atom is -0.355 e. The first kappa shape index (κ1) is 11.9. The number of fused-ring (bicyclic) bond motifs is 1. The molecule has 0 bridgehead atoms. The molecule has 2 N–H and O–H groups in total. The number of anilines is 1. The van der Waals surface area contributed by atoms with Crippen LogP contribution in [0.5, 0.6) is 0 Å². The van der Waals surface area contributed by atoms with Gasteiger partial charge in [-0.05, 0) is 23.3 Å². The summed E-state index contributed by atoms with van der Waals surface area (Å²) in [6.45, 7) is 6.40. The van der Waals surface area contributed by atoms with Crippen LogP contribution in [0.25, 0.3) is 10.2 Å². The van der Waals surface area contributed by atoms with E-state index in [1.807, 2.05) is 0 Å². The molecule has 1 aliphatic rings. The summed E-state index contributed by atoms with van der Waals surface area (Å²) in [6.07, 6.45) is 2.68. The van der Waals surface area contributed by atoms with Crippen molar-refractivity contribution in [1.82, 2.24) is 9.97 Å². The molecule has 1 unspecified atom stereocenters. The number of rotatable bonds is 1. The van der Waals surface area contributed by atoms with Crippen molar-refractivity contribution in [2.75, 3.05) is 18.0 Å². The quantitative estimate of drug-likeness (QED) is 0.856. The lowest BCUT2D eigenvalue weighted by Gasteiger charge is -2.43. The van der Waals surface area contributed by atoms with E-state index in [-0.39, 0.29) is 11.5 Å². The van der Waals surface area contributed by atoms with Crippen LogP contribution in [0, 0.1) is 5.41 Å². The lowest BCUT2D eigenvalue weighted by Crippen LogP contribution is -2.52. The van der Waals surface area contributed by atoms with Gasteiger partial charge in [0.05, 0.1) is 5.39 Å². The molecule has 0 spiro atoms. The summed E-state index contributed by atoms with van der Waals surface area (Å²) in [5, 5.41) is 3.23. The van der Waals surface area contributed by atoms with Gasteiger partial charge in [-0.25, -0.2) is 9.97 Å². The van der Waals surface area contributed by atoms with Gasteiger partial charge < -0.3 is 10.6 Å². The van der Waals surface area contributed by atoms with E-state index in [4.69, 9.17) is 5.73 Å². The van der Waals surface area contributed by atoms with Crippen LogP contribution in [-0.4, -0.2) is 29.1 Å². The molecule has 1 aliphatic heterocycles. The normalized spacial score (nSPS) is 23.5. The maximum absolute atomic E-state index is 6.19. The fourth-order valence-electron chi connectivity index (χ4n) is 2.58. The lowest BCUT2D eigenvalue weighted by molar-refractivity contribution is 0.244. The van der Waals surface area contributed by atoms with Gasteiger partial charge in [-0.1, -0.05) is 13.8 Å². The van der Waals surface area contributed by atoms with Crippen molar-refractivity contribution in [2.24, 2.45) is 11.1 Å². The van der Waals surface area contributed by atoms with E-state index in [0.717, 1.165) is 35.5 Å². The van der Waals surface area contributed by atoms with Crippen LogP contribution in [0.4, 0.5) is 5.82 Å². The van der Waals surface area contributed by atoms with Crippen LogP contribution < -0.4 is 10.6 Å². The Labute approximate surface area is 111 Å². The molecule has 3 heterocycles. The van der Waals surface area contributed by atoms with Gasteiger partial charge in [-0.3, -0.25) is 0 Å². The van der Waals surface area contributed by atoms with Crippen LogP contribution in [0.15, 0.2) is 17.8 Å². The van der Waals surface area contributed by atoms with Crippen molar-refractivity contribution >= 4 is 27.4 Å². The Morgan fingerprint density at radius 2 is 2.28 bits per heavy atom. The Bertz CT molecular complexity index is 563. The number of nitrogens with zero attached hydrogens (tertiary/aromatic N) is 3. The molecule has 1 atom stereocenters. The summed E-state index contributed by atoms with van der Waals surface area (Å²) < 4.78 is 0. The van der Waals surface area contributed by atoms with Gasteiger partial charge in [0.2, 0.25) is 0 Å². The van der Waals surface area contributed by atoms with Crippen molar-refractivity contribution in [2.45, 2.75) is 26.3 Å². The first-order chi connectivity index (χ1) is 8.58. The third-order valence-corrected chi connectivity index (χ3v) is 4.67.